The topological polar surface area (TPSA) is 66.6 Å². The van der Waals surface area contributed by atoms with Crippen LogP contribution < -0.4 is 5.73 Å². The molecule has 1 fully saturated rings. The van der Waals surface area contributed by atoms with Gasteiger partial charge in [0.25, 0.3) is 10.2 Å². The first-order chi connectivity index (χ1) is 7.35. The van der Waals surface area contributed by atoms with E-state index in [4.69, 9.17) is 5.73 Å². The minimum absolute atomic E-state index is 0. The number of hydrogen-bond donors (Lipinski definition) is 1. The molecule has 0 saturated carbocycles. The zero-order valence-corrected chi connectivity index (χ0v) is 12.5. The van der Waals surface area contributed by atoms with Crippen molar-refractivity contribution in [3.8, 4) is 0 Å². The van der Waals surface area contributed by atoms with E-state index in [1.54, 1.807) is 11.4 Å². The smallest absolute Gasteiger partial charge is 0.281 e. The highest BCUT2D eigenvalue weighted by atomic mass is 35.5. The second-order valence-corrected chi connectivity index (χ2v) is 6.96. The normalized spacial score (nSPS) is 26.2. The summed E-state index contributed by atoms with van der Waals surface area (Å²) in [5, 5.41) is 0. The molecule has 5 nitrogen and oxygen atoms in total. The van der Waals surface area contributed by atoms with E-state index in [1.807, 2.05) is 13.8 Å². The van der Waals surface area contributed by atoms with Crippen molar-refractivity contribution in [2.24, 2.45) is 11.1 Å². The summed E-state index contributed by atoms with van der Waals surface area (Å²) < 4.78 is 27.3. The minimum Gasteiger partial charge on any atom is -0.330 e. The van der Waals surface area contributed by atoms with E-state index in [0.29, 0.717) is 26.2 Å². The Kier molecular flexibility index (Phi) is 6.38. The zero-order valence-electron chi connectivity index (χ0n) is 10.8. The molecule has 0 aromatic heterocycles. The molecule has 0 aliphatic carbocycles. The summed E-state index contributed by atoms with van der Waals surface area (Å²) in [6, 6.07) is 0. The monoisotopic (exact) mass is 285 g/mol. The van der Waals surface area contributed by atoms with Gasteiger partial charge in [-0.15, -0.1) is 12.4 Å². The highest BCUT2D eigenvalue weighted by Crippen LogP contribution is 2.30. The Morgan fingerprint density at radius 2 is 2.06 bits per heavy atom. The van der Waals surface area contributed by atoms with Crippen LogP contribution in [0.4, 0.5) is 0 Å². The second kappa shape index (κ2) is 6.33. The molecule has 1 unspecified atom stereocenters. The molecule has 2 N–H and O–H groups in total. The van der Waals surface area contributed by atoms with Crippen molar-refractivity contribution in [1.82, 2.24) is 8.61 Å². The van der Waals surface area contributed by atoms with Gasteiger partial charge in [0.05, 0.1) is 0 Å². The van der Waals surface area contributed by atoms with Gasteiger partial charge in [0.1, 0.15) is 0 Å². The van der Waals surface area contributed by atoms with Crippen LogP contribution >= 0.6 is 12.4 Å². The van der Waals surface area contributed by atoms with E-state index < -0.39 is 10.2 Å². The predicted octanol–water partition coefficient (Wildman–Crippen LogP) is 0.666. The number of halogens is 1. The van der Waals surface area contributed by atoms with Gasteiger partial charge < -0.3 is 5.73 Å². The van der Waals surface area contributed by atoms with Crippen molar-refractivity contribution >= 4 is 22.6 Å². The van der Waals surface area contributed by atoms with E-state index in [-0.39, 0.29) is 17.8 Å². The molecule has 0 bridgehead atoms. The lowest BCUT2D eigenvalue weighted by Gasteiger charge is -2.26. The summed E-state index contributed by atoms with van der Waals surface area (Å²) in [5.74, 6) is 0. The second-order valence-electron chi connectivity index (χ2n) is 4.93. The van der Waals surface area contributed by atoms with Crippen molar-refractivity contribution in [3.63, 3.8) is 0 Å². The van der Waals surface area contributed by atoms with Gasteiger partial charge in [-0.1, -0.05) is 13.8 Å². The van der Waals surface area contributed by atoms with Gasteiger partial charge >= 0.3 is 0 Å². The maximum atomic E-state index is 12.1. The first-order valence-corrected chi connectivity index (χ1v) is 7.17. The number of hydrogen-bond acceptors (Lipinski definition) is 3. The van der Waals surface area contributed by atoms with Gasteiger partial charge in [0, 0.05) is 26.7 Å². The summed E-state index contributed by atoms with van der Waals surface area (Å²) in [7, 11) is -1.64. The van der Waals surface area contributed by atoms with Crippen LogP contribution in [-0.2, 0) is 10.2 Å². The number of nitrogens with zero attached hydrogens (tertiary/aromatic N) is 2. The maximum Gasteiger partial charge on any atom is 0.281 e. The largest absolute Gasteiger partial charge is 0.330 e. The fraction of sp³-hybridized carbons (Fsp3) is 1.00. The molecule has 0 amide bonds. The third kappa shape index (κ3) is 3.79. The molecule has 104 valence electrons. The highest BCUT2D eigenvalue weighted by molar-refractivity contribution is 7.86. The van der Waals surface area contributed by atoms with Crippen LogP contribution in [0, 0.1) is 5.41 Å². The standard InChI is InChI=1S/C10H23N3O2S.ClH/c1-4-6-12(3)16(14,15)13-7-5-10(2,8-11)9-13;/h4-9,11H2,1-3H3;1H. The van der Waals surface area contributed by atoms with Crippen LogP contribution in [0.1, 0.15) is 26.7 Å². The van der Waals surface area contributed by atoms with Crippen LogP contribution in [0.2, 0.25) is 0 Å². The Morgan fingerprint density at radius 1 is 1.47 bits per heavy atom. The molecule has 0 aromatic rings. The molecule has 0 aromatic carbocycles. The van der Waals surface area contributed by atoms with Crippen LogP contribution in [0.5, 0.6) is 0 Å². The fourth-order valence-electron chi connectivity index (χ4n) is 1.97. The van der Waals surface area contributed by atoms with E-state index in [9.17, 15) is 8.42 Å². The van der Waals surface area contributed by atoms with Crippen LogP contribution in [0.15, 0.2) is 0 Å². The molecule has 0 radical (unpaired) electrons. The van der Waals surface area contributed by atoms with Crippen molar-refractivity contribution in [1.29, 1.82) is 0 Å². The van der Waals surface area contributed by atoms with Crippen LogP contribution in [0.25, 0.3) is 0 Å². The lowest BCUT2D eigenvalue weighted by atomic mass is 9.90. The van der Waals surface area contributed by atoms with Gasteiger partial charge in [-0.25, -0.2) is 0 Å². The lowest BCUT2D eigenvalue weighted by Crippen LogP contribution is -2.42. The number of rotatable bonds is 5. The molecule has 1 aliphatic rings. The Balaban J connectivity index is 0.00000256. The molecule has 1 heterocycles. The van der Waals surface area contributed by atoms with E-state index >= 15 is 0 Å². The van der Waals surface area contributed by atoms with Gasteiger partial charge in [-0.2, -0.15) is 17.0 Å². The highest BCUT2D eigenvalue weighted by Gasteiger charge is 2.39. The Labute approximate surface area is 111 Å². The molecule has 7 heteroatoms. The molecule has 17 heavy (non-hydrogen) atoms. The SMILES string of the molecule is CCCN(C)S(=O)(=O)N1CCC(C)(CN)C1.Cl. The molecule has 1 saturated heterocycles. The molecule has 1 rings (SSSR count). The first-order valence-electron chi connectivity index (χ1n) is 5.77. The fourth-order valence-corrected chi connectivity index (χ4v) is 3.57. The maximum absolute atomic E-state index is 12.1. The van der Waals surface area contributed by atoms with E-state index in [0.717, 1.165) is 12.8 Å². The van der Waals surface area contributed by atoms with Gasteiger partial charge in [0.15, 0.2) is 0 Å². The van der Waals surface area contributed by atoms with Crippen LogP contribution in [0.3, 0.4) is 0 Å². The first kappa shape index (κ1) is 17.1. The summed E-state index contributed by atoms with van der Waals surface area (Å²) in [6.45, 7) is 6.25. The summed E-state index contributed by atoms with van der Waals surface area (Å²) in [4.78, 5) is 0. The molecule has 0 spiro atoms. The van der Waals surface area contributed by atoms with Gasteiger partial charge in [-0.3, -0.25) is 0 Å². The van der Waals surface area contributed by atoms with E-state index in [2.05, 4.69) is 0 Å². The van der Waals surface area contributed by atoms with Crippen LogP contribution in [-0.4, -0.2) is 50.3 Å². The third-order valence-corrected chi connectivity index (χ3v) is 5.21. The molecular weight excluding hydrogens is 262 g/mol. The van der Waals surface area contributed by atoms with E-state index in [1.165, 1.54) is 4.31 Å². The zero-order chi connectivity index (χ0) is 12.4. The Hall–Kier alpha value is 0.120. The Bertz CT molecular complexity index is 336. The average Bonchev–Trinajstić information content (AvgIpc) is 2.63. The average molecular weight is 286 g/mol. The van der Waals surface area contributed by atoms with Crippen molar-refractivity contribution in [3.05, 3.63) is 0 Å². The third-order valence-electron chi connectivity index (χ3n) is 3.27. The number of nitrogens with two attached hydrogens (primary N) is 1. The summed E-state index contributed by atoms with van der Waals surface area (Å²) >= 11 is 0. The Morgan fingerprint density at radius 3 is 2.47 bits per heavy atom. The van der Waals surface area contributed by atoms with Crippen molar-refractivity contribution in [2.45, 2.75) is 26.7 Å². The molecule has 1 aliphatic heterocycles. The van der Waals surface area contributed by atoms with Crippen molar-refractivity contribution < 1.29 is 8.42 Å². The molecule has 1 atom stereocenters. The minimum atomic E-state index is -3.27. The quantitative estimate of drug-likeness (QED) is 0.807. The summed E-state index contributed by atoms with van der Waals surface area (Å²) in [6.07, 6.45) is 1.68. The predicted molar refractivity (Wildman–Crippen MR) is 72.4 cm³/mol. The molecular formula is C10H24ClN3O2S. The van der Waals surface area contributed by atoms with Gasteiger partial charge in [0.2, 0.25) is 0 Å². The lowest BCUT2D eigenvalue weighted by molar-refractivity contribution is 0.334. The van der Waals surface area contributed by atoms with Crippen molar-refractivity contribution in [2.75, 3.05) is 33.2 Å². The summed E-state index contributed by atoms with van der Waals surface area (Å²) in [5.41, 5.74) is 5.62. The van der Waals surface area contributed by atoms with Gasteiger partial charge in [-0.05, 0) is 24.8 Å².